The van der Waals surface area contributed by atoms with Crippen LogP contribution in [0.4, 0.5) is 10.1 Å². The quantitative estimate of drug-likeness (QED) is 0.530. The second-order valence-electron chi connectivity index (χ2n) is 2.97. The Balaban J connectivity index is 0.000000557. The maximum absolute atomic E-state index is 12.9. The van der Waals surface area contributed by atoms with Crippen molar-refractivity contribution in [3.8, 4) is 0 Å². The van der Waals surface area contributed by atoms with Crippen molar-refractivity contribution in [1.82, 2.24) is 0 Å². The Bertz CT molecular complexity index is 392. The van der Waals surface area contributed by atoms with Crippen molar-refractivity contribution in [2.45, 2.75) is 6.92 Å². The highest BCUT2D eigenvalue weighted by atomic mass is 79.9. The lowest BCUT2D eigenvalue weighted by Gasteiger charge is -2.01. The number of rotatable bonds is 3. The highest BCUT2D eigenvalue weighted by molar-refractivity contribution is 9.10. The number of hydrogen-bond donors (Lipinski definition) is 1. The van der Waals surface area contributed by atoms with E-state index in [1.54, 1.807) is 7.11 Å². The summed E-state index contributed by atoms with van der Waals surface area (Å²) in [6.45, 7) is 2.78. The molecule has 1 aromatic carbocycles. The number of anilines is 1. The number of aldehydes is 1. The number of nitrogens with two attached hydrogens (primary N) is 1. The van der Waals surface area contributed by atoms with Crippen LogP contribution in [0.3, 0.4) is 0 Å². The highest BCUT2D eigenvalue weighted by Crippen LogP contribution is 2.23. The van der Waals surface area contributed by atoms with Gasteiger partial charge in [0, 0.05) is 19.4 Å². The molecule has 0 saturated heterocycles. The van der Waals surface area contributed by atoms with Crippen LogP contribution in [-0.2, 0) is 9.53 Å². The van der Waals surface area contributed by atoms with Gasteiger partial charge in [-0.15, -0.1) is 0 Å². The normalized spacial score (nSPS) is 9.88. The third-order valence-electron chi connectivity index (χ3n) is 1.77. The van der Waals surface area contributed by atoms with Crippen molar-refractivity contribution in [2.75, 3.05) is 19.5 Å². The predicted molar refractivity (Wildman–Crippen MR) is 71.2 cm³/mol. The third kappa shape index (κ3) is 6.19. The SMILES string of the molecule is CCOC.Nc1cc(F)c(Br)cc1/C=C/C=O. The van der Waals surface area contributed by atoms with Crippen molar-refractivity contribution < 1.29 is 13.9 Å². The molecular formula is C12H15BrFNO2. The number of hydrogen-bond acceptors (Lipinski definition) is 3. The van der Waals surface area contributed by atoms with Crippen molar-refractivity contribution in [3.63, 3.8) is 0 Å². The molecule has 5 heteroatoms. The topological polar surface area (TPSA) is 52.3 Å². The van der Waals surface area contributed by atoms with Crippen LogP contribution in [0.1, 0.15) is 12.5 Å². The van der Waals surface area contributed by atoms with Crippen molar-refractivity contribution in [3.05, 3.63) is 34.1 Å². The first kappa shape index (κ1) is 15.8. The van der Waals surface area contributed by atoms with Gasteiger partial charge in [-0.25, -0.2) is 4.39 Å². The van der Waals surface area contributed by atoms with Gasteiger partial charge in [0.1, 0.15) is 12.1 Å². The molecule has 0 fully saturated rings. The van der Waals surface area contributed by atoms with Crippen LogP contribution in [0, 0.1) is 5.82 Å². The minimum absolute atomic E-state index is 0.304. The molecule has 0 saturated carbocycles. The van der Waals surface area contributed by atoms with E-state index in [-0.39, 0.29) is 0 Å². The highest BCUT2D eigenvalue weighted by Gasteiger charge is 2.02. The summed E-state index contributed by atoms with van der Waals surface area (Å²) in [7, 11) is 1.68. The molecule has 0 heterocycles. The number of carbonyl (C=O) groups is 1. The molecule has 0 aromatic heterocycles. The molecule has 0 unspecified atom stereocenters. The summed E-state index contributed by atoms with van der Waals surface area (Å²) in [5, 5.41) is 0. The molecule has 17 heavy (non-hydrogen) atoms. The third-order valence-corrected chi connectivity index (χ3v) is 2.38. The zero-order valence-corrected chi connectivity index (χ0v) is 11.3. The molecule has 0 spiro atoms. The van der Waals surface area contributed by atoms with E-state index in [1.807, 2.05) is 6.92 Å². The fourth-order valence-electron chi connectivity index (χ4n) is 0.865. The lowest BCUT2D eigenvalue weighted by atomic mass is 10.1. The predicted octanol–water partition coefficient (Wildman–Crippen LogP) is 3.04. The summed E-state index contributed by atoms with van der Waals surface area (Å²) >= 11 is 3.02. The van der Waals surface area contributed by atoms with Gasteiger partial charge in [0.2, 0.25) is 0 Å². The number of allylic oxidation sites excluding steroid dienone is 1. The number of ether oxygens (including phenoxy) is 1. The lowest BCUT2D eigenvalue weighted by molar-refractivity contribution is -0.104. The van der Waals surface area contributed by atoms with Crippen LogP contribution in [0.2, 0.25) is 0 Å². The van der Waals surface area contributed by atoms with Crippen LogP contribution < -0.4 is 5.73 Å². The Hall–Kier alpha value is -1.20. The molecule has 94 valence electrons. The van der Waals surface area contributed by atoms with Crippen molar-refractivity contribution in [1.29, 1.82) is 0 Å². The van der Waals surface area contributed by atoms with Crippen LogP contribution >= 0.6 is 15.9 Å². The van der Waals surface area contributed by atoms with E-state index in [9.17, 15) is 9.18 Å². The maximum atomic E-state index is 12.9. The summed E-state index contributed by atoms with van der Waals surface area (Å²) in [4.78, 5) is 10.0. The summed E-state index contributed by atoms with van der Waals surface area (Å²) < 4.78 is 17.7. The number of methoxy groups -OCH3 is 1. The molecule has 0 radical (unpaired) electrons. The van der Waals surface area contributed by atoms with E-state index in [2.05, 4.69) is 20.7 Å². The van der Waals surface area contributed by atoms with Crippen LogP contribution in [-0.4, -0.2) is 20.0 Å². The van der Waals surface area contributed by atoms with E-state index in [1.165, 1.54) is 24.3 Å². The molecular weight excluding hydrogens is 289 g/mol. The van der Waals surface area contributed by atoms with Gasteiger partial charge in [-0.2, -0.15) is 0 Å². The first-order valence-electron chi connectivity index (χ1n) is 4.92. The van der Waals surface area contributed by atoms with Crippen LogP contribution in [0.15, 0.2) is 22.7 Å². The summed E-state index contributed by atoms with van der Waals surface area (Å²) in [6, 6.07) is 2.72. The van der Waals surface area contributed by atoms with Crippen molar-refractivity contribution >= 4 is 34.0 Å². The van der Waals surface area contributed by atoms with Crippen molar-refractivity contribution in [2.24, 2.45) is 0 Å². The van der Waals surface area contributed by atoms with Gasteiger partial charge in [0.05, 0.1) is 4.47 Å². The second-order valence-corrected chi connectivity index (χ2v) is 3.82. The molecule has 0 atom stereocenters. The zero-order chi connectivity index (χ0) is 13.3. The fourth-order valence-corrected chi connectivity index (χ4v) is 1.23. The molecule has 1 aromatic rings. The van der Waals surface area contributed by atoms with E-state index in [0.29, 0.717) is 22.0 Å². The van der Waals surface area contributed by atoms with Gasteiger partial charge in [0.15, 0.2) is 0 Å². The average molecular weight is 304 g/mol. The number of carbonyl (C=O) groups excluding carboxylic acids is 1. The average Bonchev–Trinajstić information content (AvgIpc) is 2.32. The van der Waals surface area contributed by atoms with Gasteiger partial charge < -0.3 is 10.5 Å². The Labute approximate surface area is 109 Å². The molecule has 0 amide bonds. The standard InChI is InChI=1S/C9H7BrFNO.C3H8O/c10-7-4-6(2-1-3-13)9(12)5-8(7)11;1-3-4-2/h1-5H,12H2;3H2,1-2H3/b2-1+;. The Morgan fingerprint density at radius 1 is 1.53 bits per heavy atom. The molecule has 2 N–H and O–H groups in total. The molecule has 1 rings (SSSR count). The maximum Gasteiger partial charge on any atom is 0.142 e. The second kappa shape index (κ2) is 8.90. The first-order valence-corrected chi connectivity index (χ1v) is 5.71. The summed E-state index contributed by atoms with van der Waals surface area (Å²) in [5.41, 5.74) is 6.42. The number of nitrogen functional groups attached to an aromatic ring is 1. The number of halogens is 2. The fraction of sp³-hybridized carbons (Fsp3) is 0.250. The van der Waals surface area contributed by atoms with Gasteiger partial charge in [-0.3, -0.25) is 4.79 Å². The minimum Gasteiger partial charge on any atom is -0.398 e. The summed E-state index contributed by atoms with van der Waals surface area (Å²) in [6.07, 6.45) is 3.46. The smallest absolute Gasteiger partial charge is 0.142 e. The number of benzene rings is 1. The van der Waals surface area contributed by atoms with Crippen LogP contribution in [0.5, 0.6) is 0 Å². The minimum atomic E-state index is -0.416. The first-order chi connectivity index (χ1) is 8.06. The monoisotopic (exact) mass is 303 g/mol. The van der Waals surface area contributed by atoms with Gasteiger partial charge in [0.25, 0.3) is 0 Å². The Kier molecular flexibility index (Phi) is 8.27. The van der Waals surface area contributed by atoms with E-state index in [4.69, 9.17) is 5.73 Å². The lowest BCUT2D eigenvalue weighted by Crippen LogP contribution is -1.91. The van der Waals surface area contributed by atoms with Gasteiger partial charge in [-0.1, -0.05) is 0 Å². The Morgan fingerprint density at radius 3 is 2.59 bits per heavy atom. The van der Waals surface area contributed by atoms with Crippen LogP contribution in [0.25, 0.3) is 6.08 Å². The van der Waals surface area contributed by atoms with Gasteiger partial charge in [-0.05, 0) is 52.7 Å². The largest absolute Gasteiger partial charge is 0.398 e. The molecule has 0 aliphatic rings. The molecule has 0 aliphatic heterocycles. The molecule has 3 nitrogen and oxygen atoms in total. The Morgan fingerprint density at radius 2 is 2.12 bits per heavy atom. The summed E-state index contributed by atoms with van der Waals surface area (Å²) in [5.74, 6) is -0.416. The van der Waals surface area contributed by atoms with E-state index < -0.39 is 5.82 Å². The van der Waals surface area contributed by atoms with E-state index in [0.717, 1.165) is 6.61 Å². The van der Waals surface area contributed by atoms with Gasteiger partial charge >= 0.3 is 0 Å². The molecule has 0 aliphatic carbocycles. The molecule has 0 bridgehead atoms. The zero-order valence-electron chi connectivity index (χ0n) is 9.74. The van der Waals surface area contributed by atoms with E-state index >= 15 is 0 Å².